The summed E-state index contributed by atoms with van der Waals surface area (Å²) in [5, 5.41) is 9.12. The maximum atomic E-state index is 9.12. The first-order valence-electron chi connectivity index (χ1n) is 4.77. The maximum absolute atomic E-state index is 9.12. The van der Waals surface area contributed by atoms with Gasteiger partial charge >= 0.3 is 0 Å². The first-order valence-corrected chi connectivity index (χ1v) is 4.77. The summed E-state index contributed by atoms with van der Waals surface area (Å²) in [7, 11) is 0. The number of aliphatic hydroxyl groups is 1. The van der Waals surface area contributed by atoms with Crippen LogP contribution in [0.4, 0.5) is 0 Å². The van der Waals surface area contributed by atoms with E-state index in [0.717, 1.165) is 6.42 Å². The van der Waals surface area contributed by atoms with E-state index in [1.807, 2.05) is 0 Å². The molecule has 0 aromatic carbocycles. The number of allylic oxidation sites excluding steroid dienone is 1. The van der Waals surface area contributed by atoms with E-state index >= 15 is 0 Å². The van der Waals surface area contributed by atoms with Gasteiger partial charge in [-0.05, 0) is 32.1 Å². The molecule has 0 amide bonds. The highest BCUT2D eigenvalue weighted by atomic mass is 16.3. The molecular weight excluding hydrogens is 148 g/mol. The summed E-state index contributed by atoms with van der Waals surface area (Å²) in [4.78, 5) is 0. The molecule has 1 atom stereocenters. The molecule has 0 aromatic rings. The molecule has 0 saturated heterocycles. The Bertz CT molecular complexity index is 201. The summed E-state index contributed by atoms with van der Waals surface area (Å²) in [6.07, 6.45) is 2.36. The molecule has 1 nitrogen and oxygen atoms in total. The fourth-order valence-corrected chi connectivity index (χ4v) is 2.01. The van der Waals surface area contributed by atoms with Crippen LogP contribution >= 0.6 is 0 Å². The van der Waals surface area contributed by atoms with E-state index < -0.39 is 0 Å². The van der Waals surface area contributed by atoms with E-state index in [9.17, 15) is 0 Å². The molecule has 0 aliphatic heterocycles. The predicted octanol–water partition coefficient (Wildman–Crippen LogP) is 2.75. The second-order valence-electron chi connectivity index (χ2n) is 4.61. The minimum absolute atomic E-state index is 0.319. The van der Waals surface area contributed by atoms with Crippen LogP contribution in [0.3, 0.4) is 0 Å². The van der Waals surface area contributed by atoms with Crippen LogP contribution < -0.4 is 0 Å². The lowest BCUT2D eigenvalue weighted by Crippen LogP contribution is -2.25. The fourth-order valence-electron chi connectivity index (χ4n) is 2.01. The zero-order valence-electron chi connectivity index (χ0n) is 8.65. The Labute approximate surface area is 75.5 Å². The Morgan fingerprint density at radius 3 is 2.50 bits per heavy atom. The van der Waals surface area contributed by atoms with Crippen molar-refractivity contribution < 1.29 is 5.11 Å². The van der Waals surface area contributed by atoms with Crippen LogP contribution in [0.5, 0.6) is 0 Å². The first-order chi connectivity index (χ1) is 5.49. The van der Waals surface area contributed by atoms with Crippen molar-refractivity contribution >= 4 is 0 Å². The van der Waals surface area contributed by atoms with Crippen molar-refractivity contribution in [2.24, 2.45) is 11.3 Å². The SMILES string of the molecule is CC1=C(C)C(C)(C)CCC1CO. The Balaban J connectivity index is 2.93. The van der Waals surface area contributed by atoms with Crippen LogP contribution in [-0.4, -0.2) is 11.7 Å². The van der Waals surface area contributed by atoms with Crippen molar-refractivity contribution in [3.63, 3.8) is 0 Å². The van der Waals surface area contributed by atoms with Gasteiger partial charge in [-0.3, -0.25) is 0 Å². The van der Waals surface area contributed by atoms with Gasteiger partial charge in [-0.1, -0.05) is 25.0 Å². The average Bonchev–Trinajstić information content (AvgIpc) is 2.01. The van der Waals surface area contributed by atoms with Crippen LogP contribution in [0.25, 0.3) is 0 Å². The topological polar surface area (TPSA) is 20.2 Å². The summed E-state index contributed by atoms with van der Waals surface area (Å²) in [6, 6.07) is 0. The number of hydrogen-bond acceptors (Lipinski definition) is 1. The van der Waals surface area contributed by atoms with Crippen molar-refractivity contribution in [1.29, 1.82) is 0 Å². The lowest BCUT2D eigenvalue weighted by Gasteiger charge is -2.36. The quantitative estimate of drug-likeness (QED) is 0.597. The Morgan fingerprint density at radius 1 is 1.42 bits per heavy atom. The third-order valence-electron chi connectivity index (χ3n) is 3.56. The van der Waals surface area contributed by atoms with Gasteiger partial charge in [0.05, 0.1) is 0 Å². The van der Waals surface area contributed by atoms with Crippen molar-refractivity contribution in [3.8, 4) is 0 Å². The molecule has 1 N–H and O–H groups in total. The van der Waals surface area contributed by atoms with Gasteiger partial charge in [0.2, 0.25) is 0 Å². The lowest BCUT2D eigenvalue weighted by molar-refractivity contribution is 0.208. The molecule has 0 fully saturated rings. The highest BCUT2D eigenvalue weighted by Gasteiger charge is 2.29. The van der Waals surface area contributed by atoms with Crippen LogP contribution in [0, 0.1) is 11.3 Å². The molecule has 1 heteroatoms. The maximum Gasteiger partial charge on any atom is 0.0496 e. The fraction of sp³-hybridized carbons (Fsp3) is 0.818. The first kappa shape index (κ1) is 9.79. The Hall–Kier alpha value is -0.300. The summed E-state index contributed by atoms with van der Waals surface area (Å²) in [5.41, 5.74) is 3.25. The van der Waals surface area contributed by atoms with Gasteiger partial charge in [-0.15, -0.1) is 0 Å². The Morgan fingerprint density at radius 2 is 2.00 bits per heavy atom. The van der Waals surface area contributed by atoms with Gasteiger partial charge in [0.25, 0.3) is 0 Å². The zero-order chi connectivity index (χ0) is 9.35. The molecule has 1 unspecified atom stereocenters. The summed E-state index contributed by atoms with van der Waals surface area (Å²) < 4.78 is 0. The zero-order valence-corrected chi connectivity index (χ0v) is 8.65. The lowest BCUT2D eigenvalue weighted by atomic mass is 9.70. The molecular formula is C11H20O. The second kappa shape index (κ2) is 3.21. The standard InChI is InChI=1S/C11H20O/c1-8-9(2)11(3,4)6-5-10(8)7-12/h10,12H,5-7H2,1-4H3. The van der Waals surface area contributed by atoms with E-state index in [1.54, 1.807) is 0 Å². The minimum Gasteiger partial charge on any atom is -0.396 e. The van der Waals surface area contributed by atoms with Crippen LogP contribution in [0.2, 0.25) is 0 Å². The number of aliphatic hydroxyl groups excluding tert-OH is 1. The van der Waals surface area contributed by atoms with Gasteiger partial charge in [0.15, 0.2) is 0 Å². The minimum atomic E-state index is 0.319. The van der Waals surface area contributed by atoms with Gasteiger partial charge < -0.3 is 5.11 Å². The molecule has 1 rings (SSSR count). The molecule has 12 heavy (non-hydrogen) atoms. The van der Waals surface area contributed by atoms with Crippen molar-refractivity contribution in [2.45, 2.75) is 40.5 Å². The predicted molar refractivity (Wildman–Crippen MR) is 52.0 cm³/mol. The normalized spacial score (nSPS) is 29.2. The van der Waals surface area contributed by atoms with Crippen LogP contribution in [-0.2, 0) is 0 Å². The molecule has 1 aliphatic carbocycles. The molecule has 0 heterocycles. The van der Waals surface area contributed by atoms with E-state index in [1.165, 1.54) is 17.6 Å². The molecule has 0 bridgehead atoms. The molecule has 0 saturated carbocycles. The summed E-state index contributed by atoms with van der Waals surface area (Å²) in [5.74, 6) is 0.429. The largest absolute Gasteiger partial charge is 0.396 e. The smallest absolute Gasteiger partial charge is 0.0496 e. The van der Waals surface area contributed by atoms with Crippen molar-refractivity contribution in [3.05, 3.63) is 11.1 Å². The van der Waals surface area contributed by atoms with Crippen molar-refractivity contribution in [1.82, 2.24) is 0 Å². The van der Waals surface area contributed by atoms with Crippen LogP contribution in [0.15, 0.2) is 11.1 Å². The van der Waals surface area contributed by atoms with Gasteiger partial charge in [-0.25, -0.2) is 0 Å². The third kappa shape index (κ3) is 1.56. The number of hydrogen-bond donors (Lipinski definition) is 1. The van der Waals surface area contributed by atoms with Gasteiger partial charge in [-0.2, -0.15) is 0 Å². The van der Waals surface area contributed by atoms with Crippen molar-refractivity contribution in [2.75, 3.05) is 6.61 Å². The molecule has 0 radical (unpaired) electrons. The van der Waals surface area contributed by atoms with Crippen LogP contribution in [0.1, 0.15) is 40.5 Å². The summed E-state index contributed by atoms with van der Waals surface area (Å²) >= 11 is 0. The second-order valence-corrected chi connectivity index (χ2v) is 4.61. The number of rotatable bonds is 1. The highest BCUT2D eigenvalue weighted by molar-refractivity contribution is 5.22. The van der Waals surface area contributed by atoms with E-state index in [-0.39, 0.29) is 0 Å². The Kier molecular flexibility index (Phi) is 2.62. The third-order valence-corrected chi connectivity index (χ3v) is 3.56. The molecule has 0 spiro atoms. The van der Waals surface area contributed by atoms with Gasteiger partial charge in [0.1, 0.15) is 0 Å². The molecule has 0 aromatic heterocycles. The van der Waals surface area contributed by atoms with E-state index in [2.05, 4.69) is 27.7 Å². The molecule has 1 aliphatic rings. The van der Waals surface area contributed by atoms with Gasteiger partial charge in [0, 0.05) is 12.5 Å². The monoisotopic (exact) mass is 168 g/mol. The summed E-state index contributed by atoms with van der Waals surface area (Å²) in [6.45, 7) is 9.27. The average molecular weight is 168 g/mol. The highest BCUT2D eigenvalue weighted by Crippen LogP contribution is 2.41. The molecule has 70 valence electrons. The van der Waals surface area contributed by atoms with E-state index in [0.29, 0.717) is 17.9 Å². The van der Waals surface area contributed by atoms with E-state index in [4.69, 9.17) is 5.11 Å².